The number of hydrogen-bond acceptors (Lipinski definition) is 4. The third-order valence-corrected chi connectivity index (χ3v) is 3.38. The van der Waals surface area contributed by atoms with Crippen LogP contribution in [0.25, 0.3) is 0 Å². The summed E-state index contributed by atoms with van der Waals surface area (Å²) in [4.78, 5) is 13.6. The molecule has 0 saturated carbocycles. The van der Waals surface area contributed by atoms with Gasteiger partial charge in [0, 0.05) is 13.1 Å². The monoisotopic (exact) mass is 243 g/mol. The van der Waals surface area contributed by atoms with Gasteiger partial charge in [-0.25, -0.2) is 0 Å². The van der Waals surface area contributed by atoms with Crippen molar-refractivity contribution in [1.29, 1.82) is 0 Å². The highest BCUT2D eigenvalue weighted by atomic mass is 16.5. The Kier molecular flexibility index (Phi) is 6.52. The van der Waals surface area contributed by atoms with Crippen LogP contribution >= 0.6 is 0 Å². The van der Waals surface area contributed by atoms with Crippen molar-refractivity contribution in [2.45, 2.75) is 45.6 Å². The van der Waals surface area contributed by atoms with Crippen molar-refractivity contribution in [2.24, 2.45) is 5.92 Å². The topological polar surface area (TPSA) is 49.8 Å². The average Bonchev–Trinajstić information content (AvgIpc) is 2.75. The summed E-state index contributed by atoms with van der Waals surface area (Å²) in [6, 6.07) is 0. The molecule has 1 saturated heterocycles. The van der Waals surface area contributed by atoms with Crippen LogP contribution in [0.1, 0.15) is 39.5 Å². The lowest BCUT2D eigenvalue weighted by molar-refractivity contribution is -0.144. The Hall–Kier alpha value is -0.610. The molecule has 0 radical (unpaired) electrons. The SMILES string of the molecule is CCCCOC(=O)CCN1CCC(C(C)O)C1. The first-order chi connectivity index (χ1) is 8.13. The summed E-state index contributed by atoms with van der Waals surface area (Å²) in [5, 5.41) is 9.47. The van der Waals surface area contributed by atoms with E-state index in [2.05, 4.69) is 11.8 Å². The minimum absolute atomic E-state index is 0.0982. The second kappa shape index (κ2) is 7.67. The number of ether oxygens (including phenoxy) is 1. The van der Waals surface area contributed by atoms with Gasteiger partial charge < -0.3 is 14.7 Å². The first-order valence-electron chi connectivity index (χ1n) is 6.69. The Balaban J connectivity index is 2.09. The molecule has 17 heavy (non-hydrogen) atoms. The molecule has 2 atom stereocenters. The summed E-state index contributed by atoms with van der Waals surface area (Å²) in [5.74, 6) is 0.269. The number of rotatable bonds is 7. The first-order valence-corrected chi connectivity index (χ1v) is 6.69. The first kappa shape index (κ1) is 14.5. The number of unbranched alkanes of at least 4 members (excludes halogenated alkanes) is 1. The highest BCUT2D eigenvalue weighted by Crippen LogP contribution is 2.19. The molecule has 0 spiro atoms. The van der Waals surface area contributed by atoms with Gasteiger partial charge in [0.05, 0.1) is 19.1 Å². The van der Waals surface area contributed by atoms with E-state index in [1.54, 1.807) is 0 Å². The number of carbonyl (C=O) groups is 1. The van der Waals surface area contributed by atoms with Crippen LogP contribution < -0.4 is 0 Å². The second-order valence-corrected chi connectivity index (χ2v) is 4.91. The number of carbonyl (C=O) groups excluding carboxylic acids is 1. The molecule has 1 fully saturated rings. The number of aliphatic hydroxyl groups is 1. The maximum absolute atomic E-state index is 11.4. The fourth-order valence-electron chi connectivity index (χ4n) is 2.11. The van der Waals surface area contributed by atoms with Crippen LogP contribution in [0.5, 0.6) is 0 Å². The number of aliphatic hydroxyl groups excluding tert-OH is 1. The lowest BCUT2D eigenvalue weighted by Gasteiger charge is -2.16. The standard InChI is InChI=1S/C13H25NO3/c1-3-4-9-17-13(16)6-8-14-7-5-12(10-14)11(2)15/h11-12,15H,3-10H2,1-2H3. The van der Waals surface area contributed by atoms with E-state index in [1.807, 2.05) is 6.92 Å². The van der Waals surface area contributed by atoms with Crippen molar-refractivity contribution in [3.05, 3.63) is 0 Å². The zero-order valence-electron chi connectivity index (χ0n) is 11.0. The third kappa shape index (κ3) is 5.50. The molecule has 2 unspecified atom stereocenters. The van der Waals surface area contributed by atoms with Crippen LogP contribution in [0.3, 0.4) is 0 Å². The molecule has 4 nitrogen and oxygen atoms in total. The smallest absolute Gasteiger partial charge is 0.307 e. The van der Waals surface area contributed by atoms with Gasteiger partial charge in [-0.3, -0.25) is 4.79 Å². The molecule has 1 heterocycles. The fraction of sp³-hybridized carbons (Fsp3) is 0.923. The average molecular weight is 243 g/mol. The highest BCUT2D eigenvalue weighted by molar-refractivity contribution is 5.69. The van der Waals surface area contributed by atoms with E-state index in [-0.39, 0.29) is 12.1 Å². The van der Waals surface area contributed by atoms with E-state index in [0.717, 1.165) is 38.9 Å². The van der Waals surface area contributed by atoms with Gasteiger partial charge >= 0.3 is 5.97 Å². The minimum Gasteiger partial charge on any atom is -0.466 e. The molecule has 1 aliphatic heterocycles. The van der Waals surface area contributed by atoms with E-state index < -0.39 is 0 Å². The summed E-state index contributed by atoms with van der Waals surface area (Å²) in [5.41, 5.74) is 0. The van der Waals surface area contributed by atoms with Gasteiger partial charge in [-0.1, -0.05) is 13.3 Å². The summed E-state index contributed by atoms with van der Waals surface area (Å²) >= 11 is 0. The van der Waals surface area contributed by atoms with Crippen LogP contribution in [-0.2, 0) is 9.53 Å². The van der Waals surface area contributed by atoms with E-state index in [4.69, 9.17) is 4.74 Å². The van der Waals surface area contributed by atoms with Gasteiger partial charge in [0.2, 0.25) is 0 Å². The normalized spacial score (nSPS) is 22.6. The third-order valence-electron chi connectivity index (χ3n) is 3.38. The van der Waals surface area contributed by atoms with Gasteiger partial charge in [-0.05, 0) is 32.2 Å². The molecule has 0 aromatic carbocycles. The number of nitrogens with zero attached hydrogens (tertiary/aromatic N) is 1. The van der Waals surface area contributed by atoms with Crippen molar-refractivity contribution in [3.8, 4) is 0 Å². The Morgan fingerprint density at radius 3 is 2.94 bits per heavy atom. The van der Waals surface area contributed by atoms with E-state index in [1.165, 1.54) is 0 Å². The molecule has 1 aliphatic rings. The molecule has 0 aromatic rings. The molecule has 0 bridgehead atoms. The fourth-order valence-corrected chi connectivity index (χ4v) is 2.11. The van der Waals surface area contributed by atoms with Crippen molar-refractivity contribution < 1.29 is 14.6 Å². The van der Waals surface area contributed by atoms with Gasteiger partial charge in [0.1, 0.15) is 0 Å². The van der Waals surface area contributed by atoms with E-state index in [0.29, 0.717) is 18.9 Å². The van der Waals surface area contributed by atoms with Gasteiger partial charge in [-0.2, -0.15) is 0 Å². The van der Waals surface area contributed by atoms with Crippen molar-refractivity contribution in [1.82, 2.24) is 4.90 Å². The Morgan fingerprint density at radius 1 is 1.59 bits per heavy atom. The zero-order valence-corrected chi connectivity index (χ0v) is 11.0. The van der Waals surface area contributed by atoms with Crippen molar-refractivity contribution >= 4 is 5.97 Å². The molecule has 1 rings (SSSR count). The predicted octanol–water partition coefficient (Wildman–Crippen LogP) is 1.42. The highest BCUT2D eigenvalue weighted by Gasteiger charge is 2.25. The van der Waals surface area contributed by atoms with E-state index >= 15 is 0 Å². The lowest BCUT2D eigenvalue weighted by Crippen LogP contribution is -2.27. The molecular weight excluding hydrogens is 218 g/mol. The predicted molar refractivity (Wildman–Crippen MR) is 66.7 cm³/mol. The van der Waals surface area contributed by atoms with Crippen LogP contribution in [0.2, 0.25) is 0 Å². The van der Waals surface area contributed by atoms with Crippen LogP contribution in [0, 0.1) is 5.92 Å². The maximum Gasteiger partial charge on any atom is 0.307 e. The summed E-state index contributed by atoms with van der Waals surface area (Å²) in [6.45, 7) is 7.11. The van der Waals surface area contributed by atoms with Crippen molar-refractivity contribution in [3.63, 3.8) is 0 Å². The largest absolute Gasteiger partial charge is 0.466 e. The number of esters is 1. The Labute approximate surface area is 104 Å². The van der Waals surface area contributed by atoms with Gasteiger partial charge in [0.25, 0.3) is 0 Å². The number of hydrogen-bond donors (Lipinski definition) is 1. The molecule has 0 aliphatic carbocycles. The molecule has 100 valence electrons. The maximum atomic E-state index is 11.4. The van der Waals surface area contributed by atoms with Crippen LogP contribution in [0.4, 0.5) is 0 Å². The van der Waals surface area contributed by atoms with Gasteiger partial charge in [0.15, 0.2) is 0 Å². The van der Waals surface area contributed by atoms with Crippen LogP contribution in [-0.4, -0.2) is 48.3 Å². The summed E-state index contributed by atoms with van der Waals surface area (Å²) in [7, 11) is 0. The van der Waals surface area contributed by atoms with Gasteiger partial charge in [-0.15, -0.1) is 0 Å². The molecule has 0 aromatic heterocycles. The molecule has 0 amide bonds. The quantitative estimate of drug-likeness (QED) is 0.543. The lowest BCUT2D eigenvalue weighted by atomic mass is 10.0. The molecule has 1 N–H and O–H groups in total. The zero-order chi connectivity index (χ0) is 12.7. The van der Waals surface area contributed by atoms with E-state index in [9.17, 15) is 9.90 Å². The Bertz CT molecular complexity index is 231. The van der Waals surface area contributed by atoms with Crippen LogP contribution in [0.15, 0.2) is 0 Å². The molecule has 4 heteroatoms. The summed E-state index contributed by atoms with van der Waals surface area (Å²) in [6.07, 6.45) is 3.25. The Morgan fingerprint density at radius 2 is 2.35 bits per heavy atom. The minimum atomic E-state index is -0.239. The number of likely N-dealkylation sites (tertiary alicyclic amines) is 1. The van der Waals surface area contributed by atoms with Crippen molar-refractivity contribution in [2.75, 3.05) is 26.2 Å². The second-order valence-electron chi connectivity index (χ2n) is 4.91. The molecular formula is C13H25NO3. The summed E-state index contributed by atoms with van der Waals surface area (Å²) < 4.78 is 5.10.